The van der Waals surface area contributed by atoms with Gasteiger partial charge in [-0.05, 0) is 69.7 Å². The van der Waals surface area contributed by atoms with Gasteiger partial charge in [0.25, 0.3) is 5.69 Å². The highest BCUT2D eigenvalue weighted by molar-refractivity contribution is 6.79. The lowest BCUT2D eigenvalue weighted by atomic mass is 9.87. The van der Waals surface area contributed by atoms with Gasteiger partial charge in [0, 0.05) is 31.8 Å². The number of fused-ring (bicyclic) bond motifs is 1. The molecule has 0 saturated carbocycles. The largest absolute Gasteiger partial charge is 0.444 e. The summed E-state index contributed by atoms with van der Waals surface area (Å²) < 4.78 is 5.42. The van der Waals surface area contributed by atoms with Crippen molar-refractivity contribution >= 4 is 37.6 Å². The number of nitro groups is 1. The number of nitrogens with one attached hydrogen (secondary N) is 2. The Balaban J connectivity index is 1.58. The molecule has 1 unspecified atom stereocenters. The third kappa shape index (κ3) is 8.97. The topological polar surface area (TPSA) is 151 Å². The second-order valence-corrected chi connectivity index (χ2v) is 19.5. The number of nitro benzene ring substituents is 1. The van der Waals surface area contributed by atoms with Gasteiger partial charge in [0.15, 0.2) is 0 Å². The highest BCUT2D eigenvalue weighted by Crippen LogP contribution is 2.32. The Kier molecular flexibility index (Phi) is 10.8. The summed E-state index contributed by atoms with van der Waals surface area (Å²) in [7, 11) is -0.569. The van der Waals surface area contributed by atoms with Crippen LogP contribution in [0.2, 0.25) is 19.1 Å². The van der Waals surface area contributed by atoms with E-state index < -0.39 is 54.6 Å². The maximum absolute atomic E-state index is 14.4. The van der Waals surface area contributed by atoms with E-state index in [-0.39, 0.29) is 24.1 Å². The average molecular weight is 666 g/mol. The van der Waals surface area contributed by atoms with Gasteiger partial charge < -0.3 is 20.3 Å². The van der Waals surface area contributed by atoms with Gasteiger partial charge in [-0.15, -0.1) is 0 Å². The van der Waals surface area contributed by atoms with E-state index in [1.165, 1.54) is 31.7 Å². The van der Waals surface area contributed by atoms with Crippen LogP contribution in [0.25, 0.3) is 0 Å². The summed E-state index contributed by atoms with van der Waals surface area (Å²) in [5.41, 5.74) is 2.05. The van der Waals surface area contributed by atoms with Crippen molar-refractivity contribution in [2.24, 2.45) is 0 Å². The maximum Gasteiger partial charge on any atom is 0.410 e. The minimum Gasteiger partial charge on any atom is -0.444 e. The van der Waals surface area contributed by atoms with E-state index in [1.54, 1.807) is 37.8 Å². The molecule has 2 aromatic carbocycles. The molecular weight excluding hydrogens is 618 g/mol. The van der Waals surface area contributed by atoms with Crippen LogP contribution < -0.4 is 10.6 Å². The van der Waals surface area contributed by atoms with Crippen LogP contribution in [0.3, 0.4) is 0 Å². The number of benzene rings is 2. The molecule has 1 heterocycles. The van der Waals surface area contributed by atoms with E-state index in [0.29, 0.717) is 17.8 Å². The third-order valence-corrected chi connectivity index (χ3v) is 11.5. The molecule has 0 aromatic heterocycles. The van der Waals surface area contributed by atoms with Crippen molar-refractivity contribution in [2.45, 2.75) is 102 Å². The molecule has 0 radical (unpaired) electrons. The van der Waals surface area contributed by atoms with Crippen LogP contribution in [-0.4, -0.2) is 83.6 Å². The van der Waals surface area contributed by atoms with E-state index >= 15 is 0 Å². The third-order valence-electron chi connectivity index (χ3n) is 8.84. The van der Waals surface area contributed by atoms with Crippen LogP contribution in [0.15, 0.2) is 48.5 Å². The molecule has 0 spiro atoms. The first kappa shape index (κ1) is 35.6. The number of hydrogen-bond donors (Lipinski definition) is 2. The number of ether oxygens (including phenoxy) is 1. The number of aryl methyl sites for hydroxylation is 1. The minimum atomic E-state index is -2.02. The molecule has 4 rings (SSSR count). The van der Waals surface area contributed by atoms with Crippen LogP contribution in [0.4, 0.5) is 10.5 Å². The number of nitrogens with zero attached hydrogens (tertiary/aromatic N) is 3. The van der Waals surface area contributed by atoms with E-state index in [9.17, 15) is 29.3 Å². The fourth-order valence-electron chi connectivity index (χ4n) is 6.26. The van der Waals surface area contributed by atoms with Crippen molar-refractivity contribution in [3.8, 4) is 0 Å². The number of carbonyl (C=O) groups excluding carboxylic acids is 4. The normalized spacial score (nSPS) is 19.9. The Labute approximate surface area is 277 Å². The summed E-state index contributed by atoms with van der Waals surface area (Å²) in [6.45, 7) is 11.0. The standard InChI is InChI=1S/C34H47N5O7Si/c1-22(37(5)33(43)46-34(2,3)4)30(40)36-28(19-23-15-17-25(18-16-23)39(44)45)32(42)38-21-47(6,7)20-29(38)31(41)35-27-14-10-12-24-11-8-9-13-26(24)27/h8-9,11,13,15-18,22,27-29H,10,12,14,19-21H2,1-7H3,(H,35,41)(H,36,40)/t22-,27?,28-,29-/m0/s1. The molecule has 2 N–H and O–H groups in total. The van der Waals surface area contributed by atoms with Crippen LogP contribution in [0.5, 0.6) is 0 Å². The molecule has 12 nitrogen and oxygen atoms in total. The molecule has 1 saturated heterocycles. The Morgan fingerprint density at radius 1 is 1.11 bits per heavy atom. The lowest BCUT2D eigenvalue weighted by Gasteiger charge is -2.33. The maximum atomic E-state index is 14.4. The van der Waals surface area contributed by atoms with Gasteiger partial charge >= 0.3 is 6.09 Å². The second kappa shape index (κ2) is 14.2. The molecule has 13 heteroatoms. The smallest absolute Gasteiger partial charge is 0.410 e. The van der Waals surface area contributed by atoms with Crippen molar-refractivity contribution in [3.05, 3.63) is 75.3 Å². The zero-order valence-electron chi connectivity index (χ0n) is 28.4. The lowest BCUT2D eigenvalue weighted by molar-refractivity contribution is -0.384. The summed E-state index contributed by atoms with van der Waals surface area (Å²) in [5.74, 6) is -1.20. The highest BCUT2D eigenvalue weighted by Gasteiger charge is 2.47. The van der Waals surface area contributed by atoms with E-state index in [2.05, 4.69) is 29.8 Å². The monoisotopic (exact) mass is 665 g/mol. The number of non-ortho nitro benzene ring substituents is 1. The molecule has 2 aliphatic rings. The van der Waals surface area contributed by atoms with Crippen LogP contribution in [-0.2, 0) is 32.0 Å². The number of likely N-dealkylation sites (N-methyl/N-ethyl adjacent to an activating group) is 1. The highest BCUT2D eigenvalue weighted by atomic mass is 28.3. The summed E-state index contributed by atoms with van der Waals surface area (Å²) in [6, 6.07) is 11.6. The van der Waals surface area contributed by atoms with Gasteiger partial charge in [-0.3, -0.25) is 29.4 Å². The second-order valence-electron chi connectivity index (χ2n) is 14.5. The summed E-state index contributed by atoms with van der Waals surface area (Å²) in [4.78, 5) is 68.1. The van der Waals surface area contributed by atoms with Gasteiger partial charge in [0.2, 0.25) is 17.7 Å². The van der Waals surface area contributed by atoms with Crippen molar-refractivity contribution in [2.75, 3.05) is 13.2 Å². The van der Waals surface area contributed by atoms with E-state index in [4.69, 9.17) is 4.74 Å². The lowest BCUT2D eigenvalue weighted by Crippen LogP contribution is -2.57. The predicted molar refractivity (Wildman–Crippen MR) is 180 cm³/mol. The van der Waals surface area contributed by atoms with Crippen LogP contribution in [0.1, 0.15) is 63.3 Å². The molecule has 4 atom stereocenters. The molecule has 4 amide bonds. The number of hydrogen-bond acceptors (Lipinski definition) is 7. The fraction of sp³-hybridized carbons (Fsp3) is 0.529. The number of carbonyl (C=O) groups is 4. The summed E-state index contributed by atoms with van der Waals surface area (Å²) in [6.07, 6.45) is 2.51. The van der Waals surface area contributed by atoms with Crippen LogP contribution in [0, 0.1) is 10.1 Å². The molecule has 1 fully saturated rings. The first-order chi connectivity index (χ1) is 22.0. The summed E-state index contributed by atoms with van der Waals surface area (Å²) >= 11 is 0. The number of rotatable bonds is 9. The van der Waals surface area contributed by atoms with E-state index in [0.717, 1.165) is 29.7 Å². The molecule has 1 aliphatic carbocycles. The fourth-order valence-corrected chi connectivity index (χ4v) is 9.14. The van der Waals surface area contributed by atoms with Crippen molar-refractivity contribution < 1.29 is 28.8 Å². The SMILES string of the molecule is C[C@@H](C(=O)N[C@@H](Cc1ccc([N+](=O)[O-])cc1)C(=O)N1C[Si](C)(C)C[C@H]1C(=O)NC1CCCc2ccccc21)N(C)C(=O)OC(C)(C)C. The first-order valence-corrected chi connectivity index (χ1v) is 19.6. The van der Waals surface area contributed by atoms with Gasteiger partial charge in [-0.2, -0.15) is 0 Å². The molecule has 2 aromatic rings. The molecule has 1 aliphatic heterocycles. The van der Waals surface area contributed by atoms with Crippen molar-refractivity contribution in [1.82, 2.24) is 20.4 Å². The summed E-state index contributed by atoms with van der Waals surface area (Å²) in [5, 5.41) is 17.3. The van der Waals surface area contributed by atoms with Crippen molar-refractivity contribution in [3.63, 3.8) is 0 Å². The van der Waals surface area contributed by atoms with Gasteiger partial charge in [-0.25, -0.2) is 4.79 Å². The van der Waals surface area contributed by atoms with Gasteiger partial charge in [0.05, 0.1) is 19.0 Å². The quantitative estimate of drug-likeness (QED) is 0.227. The molecular formula is C34H47N5O7Si. The first-order valence-electron chi connectivity index (χ1n) is 16.1. The Morgan fingerprint density at radius 3 is 2.40 bits per heavy atom. The Bertz CT molecular complexity index is 1510. The van der Waals surface area contributed by atoms with Crippen molar-refractivity contribution in [1.29, 1.82) is 0 Å². The van der Waals surface area contributed by atoms with Gasteiger partial charge in [0.1, 0.15) is 23.7 Å². The van der Waals surface area contributed by atoms with Gasteiger partial charge in [-0.1, -0.05) is 49.5 Å². The zero-order chi connectivity index (χ0) is 34.7. The molecule has 254 valence electrons. The minimum absolute atomic E-state index is 0.0360. The molecule has 47 heavy (non-hydrogen) atoms. The molecule has 0 bridgehead atoms. The predicted octanol–water partition coefficient (Wildman–Crippen LogP) is 4.53. The number of amides is 4. The zero-order valence-corrected chi connectivity index (χ0v) is 29.4. The average Bonchev–Trinajstić information content (AvgIpc) is 3.34. The Hall–Kier alpha value is -4.26. The van der Waals surface area contributed by atoms with Crippen LogP contribution >= 0.6 is 0 Å². The Morgan fingerprint density at radius 2 is 1.77 bits per heavy atom. The van der Waals surface area contributed by atoms with E-state index in [1.807, 2.05) is 18.2 Å².